The van der Waals surface area contributed by atoms with Crippen molar-refractivity contribution in [3.8, 4) is 0 Å². The molecule has 0 saturated heterocycles. The van der Waals surface area contributed by atoms with Gasteiger partial charge in [0, 0.05) is 0 Å². The molecule has 0 spiro atoms. The molecule has 1 aliphatic heterocycles. The molecule has 1 aliphatic rings. The molecule has 66 valence electrons. The average molecular weight is 202 g/mol. The second kappa shape index (κ2) is 2.72. The van der Waals surface area contributed by atoms with Crippen LogP contribution in [0.4, 0.5) is 0 Å². The van der Waals surface area contributed by atoms with E-state index in [0.29, 0.717) is 0 Å². The molecule has 6 nitrogen and oxygen atoms in total. The molecule has 0 fully saturated rings. The largest absolute Gasteiger partial charge is 0.302 e. The molecule has 0 saturated carbocycles. The van der Waals surface area contributed by atoms with Gasteiger partial charge in [0.1, 0.15) is 0 Å². The van der Waals surface area contributed by atoms with E-state index in [2.05, 4.69) is 8.37 Å². The van der Waals surface area contributed by atoms with Crippen LogP contribution in [-0.2, 0) is 28.6 Å². The molecule has 0 aromatic heterocycles. The second-order valence-electron chi connectivity index (χ2n) is 1.75. The van der Waals surface area contributed by atoms with Gasteiger partial charge in [0.2, 0.25) is 10.1 Å². The Bertz CT molecular complexity index is 344. The second-order valence-corrected chi connectivity index (χ2v) is 5.00. The quantitative estimate of drug-likeness (QED) is 0.392. The van der Waals surface area contributed by atoms with Gasteiger partial charge in [-0.25, -0.2) is 4.21 Å². The fourth-order valence-electron chi connectivity index (χ4n) is 0.508. The summed E-state index contributed by atoms with van der Waals surface area (Å²) in [5.74, 6) is 0. The summed E-state index contributed by atoms with van der Waals surface area (Å²) in [5.41, 5.74) is 0. The zero-order chi connectivity index (χ0) is 8.54. The van der Waals surface area contributed by atoms with Crippen LogP contribution in [0.15, 0.2) is 0 Å². The highest BCUT2D eigenvalue weighted by Gasteiger charge is 2.18. The maximum Gasteiger partial charge on any atom is 0.302 e. The van der Waals surface area contributed by atoms with Crippen molar-refractivity contribution < 1.29 is 25.5 Å². The first kappa shape index (κ1) is 8.94. The molecule has 1 unspecified atom stereocenters. The molecule has 0 aromatic rings. The lowest BCUT2D eigenvalue weighted by molar-refractivity contribution is 0.226. The molecule has 0 aromatic carbocycles. The van der Waals surface area contributed by atoms with Gasteiger partial charge in [0.25, 0.3) is 0 Å². The molecular formula is C3H6O6S2. The van der Waals surface area contributed by atoms with E-state index < -0.39 is 20.2 Å². The Morgan fingerprint density at radius 3 is 2.36 bits per heavy atom. The fraction of sp³-hybridized carbons (Fsp3) is 0.667. The van der Waals surface area contributed by atoms with Crippen molar-refractivity contribution in [1.82, 2.24) is 0 Å². The summed E-state index contributed by atoms with van der Waals surface area (Å²) in [6, 6.07) is 0. The number of hydrogen-bond donors (Lipinski definition) is 1. The summed E-state index contributed by atoms with van der Waals surface area (Å²) in [6.07, 6.45) is 0. The summed E-state index contributed by atoms with van der Waals surface area (Å²) in [4.78, 5) is 0. The van der Waals surface area contributed by atoms with E-state index in [1.165, 1.54) is 0 Å². The van der Waals surface area contributed by atoms with E-state index in [1.807, 2.05) is 0 Å². The molecular weight excluding hydrogens is 196 g/mol. The van der Waals surface area contributed by atoms with Crippen LogP contribution in [0, 0.1) is 0 Å². The molecule has 1 N–H and O–H groups in total. The third-order valence-electron chi connectivity index (χ3n) is 0.823. The van der Waals surface area contributed by atoms with Crippen LogP contribution in [0.2, 0.25) is 0 Å². The Morgan fingerprint density at radius 2 is 1.73 bits per heavy atom. The summed E-state index contributed by atoms with van der Waals surface area (Å²) < 4.78 is 49.1. The first-order valence-corrected chi connectivity index (χ1v) is 5.54. The minimum absolute atomic E-state index is 0.160. The van der Waals surface area contributed by atoms with Crippen molar-refractivity contribution in [2.45, 2.75) is 0 Å². The van der Waals surface area contributed by atoms with Crippen LogP contribution in [0.5, 0.6) is 0 Å². The number of rotatable bonds is 0. The van der Waals surface area contributed by atoms with Gasteiger partial charge in [-0.05, 0) is 0 Å². The molecule has 0 aliphatic carbocycles. The van der Waals surface area contributed by atoms with Crippen LogP contribution < -0.4 is 0 Å². The van der Waals surface area contributed by atoms with Gasteiger partial charge < -0.3 is 0 Å². The summed E-state index contributed by atoms with van der Waals surface area (Å²) >= 11 is 0. The molecule has 0 amide bonds. The van der Waals surface area contributed by atoms with Gasteiger partial charge >= 0.3 is 10.1 Å². The van der Waals surface area contributed by atoms with Crippen molar-refractivity contribution >= 4 is 24.9 Å². The first-order chi connectivity index (χ1) is 4.91. The summed E-state index contributed by atoms with van der Waals surface area (Å²) in [7, 11) is -7.82. The maximum absolute atomic E-state index is 10.7. The van der Waals surface area contributed by atoms with Gasteiger partial charge in [-0.3, -0.25) is 12.9 Å². The van der Waals surface area contributed by atoms with E-state index in [0.717, 1.165) is 0 Å². The zero-order valence-corrected chi connectivity index (χ0v) is 6.93. The lowest BCUT2D eigenvalue weighted by atomic mass is 10.8. The number of hydrogen-bond acceptors (Lipinski definition) is 5. The predicted octanol–water partition coefficient (Wildman–Crippen LogP) is -1.20. The highest BCUT2D eigenvalue weighted by molar-refractivity contribution is 8.15. The maximum atomic E-state index is 10.7. The standard InChI is InChI=1S/C3H6O6S2/c4-10(5)3-11(6,7)9-2-1-8-10/h3H,1-2H2,(H,4,5). The molecule has 1 atom stereocenters. The van der Waals surface area contributed by atoms with E-state index in [-0.39, 0.29) is 17.9 Å². The Morgan fingerprint density at radius 1 is 1.18 bits per heavy atom. The van der Waals surface area contributed by atoms with Crippen LogP contribution in [0.3, 0.4) is 0 Å². The third-order valence-corrected chi connectivity index (χ3v) is 3.74. The molecule has 1 rings (SSSR count). The molecule has 8 heteroatoms. The van der Waals surface area contributed by atoms with E-state index in [9.17, 15) is 12.6 Å². The molecule has 0 bridgehead atoms. The van der Waals surface area contributed by atoms with Crippen LogP contribution >= 0.6 is 0 Å². The van der Waals surface area contributed by atoms with Crippen molar-refractivity contribution in [2.24, 2.45) is 0 Å². The Hall–Kier alpha value is -0.150. The molecule has 1 heterocycles. The SMILES string of the molecule is O=S1(=O)C=S(=O)(O)OCCO1. The van der Waals surface area contributed by atoms with Crippen LogP contribution in [-0.4, -0.2) is 35.1 Å². The lowest BCUT2D eigenvalue weighted by Gasteiger charge is -1.96. The van der Waals surface area contributed by atoms with E-state index in [4.69, 9.17) is 4.55 Å². The van der Waals surface area contributed by atoms with Crippen molar-refractivity contribution in [1.29, 1.82) is 0 Å². The minimum Gasteiger partial charge on any atom is -0.293 e. The average Bonchev–Trinajstić information content (AvgIpc) is 1.86. The first-order valence-electron chi connectivity index (χ1n) is 2.56. The normalized spacial score (nSPS) is 37.2. The van der Waals surface area contributed by atoms with Gasteiger partial charge in [0.05, 0.1) is 13.2 Å². The van der Waals surface area contributed by atoms with Crippen LogP contribution in [0.25, 0.3) is 0 Å². The Labute approximate surface area is 64.3 Å². The minimum atomic E-state index is -4.00. The fourth-order valence-corrected chi connectivity index (χ4v) is 2.75. The van der Waals surface area contributed by atoms with Gasteiger partial charge in [-0.1, -0.05) is 0 Å². The van der Waals surface area contributed by atoms with Crippen molar-refractivity contribution in [3.05, 3.63) is 0 Å². The smallest absolute Gasteiger partial charge is 0.293 e. The topological polar surface area (TPSA) is 89.9 Å². The van der Waals surface area contributed by atoms with E-state index in [1.54, 1.807) is 0 Å². The zero-order valence-electron chi connectivity index (χ0n) is 5.30. The van der Waals surface area contributed by atoms with Gasteiger partial charge in [0.15, 0.2) is 4.70 Å². The highest BCUT2D eigenvalue weighted by atomic mass is 32.3. The summed E-state index contributed by atoms with van der Waals surface area (Å²) in [5, 5.41) is 0. The Balaban J connectivity index is 3.17. The van der Waals surface area contributed by atoms with E-state index >= 15 is 0 Å². The van der Waals surface area contributed by atoms with Gasteiger partial charge in [-0.2, -0.15) is 8.42 Å². The highest BCUT2D eigenvalue weighted by Crippen LogP contribution is 2.00. The van der Waals surface area contributed by atoms with Crippen LogP contribution in [0.1, 0.15) is 0 Å². The van der Waals surface area contributed by atoms with Crippen molar-refractivity contribution in [3.63, 3.8) is 0 Å². The third kappa shape index (κ3) is 2.75. The van der Waals surface area contributed by atoms with Gasteiger partial charge in [-0.15, -0.1) is 0 Å². The molecule has 0 radical (unpaired) electrons. The lowest BCUT2D eigenvalue weighted by Crippen LogP contribution is -2.10. The van der Waals surface area contributed by atoms with Crippen molar-refractivity contribution in [2.75, 3.05) is 13.2 Å². The Kier molecular flexibility index (Phi) is 2.21. The molecule has 11 heavy (non-hydrogen) atoms. The summed E-state index contributed by atoms with van der Waals surface area (Å²) in [6.45, 7) is -0.457. The monoisotopic (exact) mass is 202 g/mol. The predicted molar refractivity (Wildman–Crippen MR) is 37.7 cm³/mol.